The Morgan fingerprint density at radius 2 is 1.36 bits per heavy atom. The van der Waals surface area contributed by atoms with Crippen molar-refractivity contribution in [3.8, 4) is 0 Å². The van der Waals surface area contributed by atoms with Gasteiger partial charge in [-0.2, -0.15) is 0 Å². The van der Waals surface area contributed by atoms with Gasteiger partial charge in [0.05, 0.1) is 5.69 Å². The highest BCUT2D eigenvalue weighted by Crippen LogP contribution is 2.40. The lowest BCUT2D eigenvalue weighted by Crippen LogP contribution is -2.47. The summed E-state index contributed by atoms with van der Waals surface area (Å²) < 4.78 is 12.1. The Morgan fingerprint density at radius 1 is 0.778 bits per heavy atom. The Labute approximate surface area is 213 Å². The third kappa shape index (κ3) is 5.32. The van der Waals surface area contributed by atoms with Gasteiger partial charge in [-0.3, -0.25) is 0 Å². The summed E-state index contributed by atoms with van der Waals surface area (Å²) in [7, 11) is 0. The van der Waals surface area contributed by atoms with Crippen LogP contribution < -0.4 is 4.90 Å². The Bertz CT molecular complexity index is 1130. The van der Waals surface area contributed by atoms with Crippen LogP contribution in [0.3, 0.4) is 0 Å². The van der Waals surface area contributed by atoms with Crippen LogP contribution in [0.5, 0.6) is 0 Å². The van der Waals surface area contributed by atoms with Crippen LogP contribution in [0.4, 0.5) is 11.4 Å². The fraction of sp³-hybridized carbons (Fsp3) is 0.500. The van der Waals surface area contributed by atoms with Crippen molar-refractivity contribution in [3.63, 3.8) is 0 Å². The summed E-state index contributed by atoms with van der Waals surface area (Å²) in [5.74, 6) is -0.678. The second-order valence-electron chi connectivity index (χ2n) is 10.5. The van der Waals surface area contributed by atoms with Gasteiger partial charge in [0.2, 0.25) is 5.84 Å². The van der Waals surface area contributed by atoms with Crippen molar-refractivity contribution in [2.45, 2.75) is 96.3 Å². The van der Waals surface area contributed by atoms with Crippen molar-refractivity contribution in [3.05, 3.63) is 59.2 Å². The molecule has 1 aliphatic heterocycles. The summed E-state index contributed by atoms with van der Waals surface area (Å²) in [6.07, 6.45) is 9.92. The molecule has 0 aromatic heterocycles. The first-order valence-corrected chi connectivity index (χ1v) is 13.5. The molecule has 5 rings (SSSR count). The molecular weight excluding hydrogens is 452 g/mol. The van der Waals surface area contributed by atoms with Gasteiger partial charge in [-0.25, -0.2) is 14.6 Å². The summed E-state index contributed by atoms with van der Waals surface area (Å²) in [5, 5.41) is 0. The number of carbonyl (C=O) groups excluding carboxylic acids is 2. The van der Waals surface area contributed by atoms with Gasteiger partial charge in [-0.1, -0.05) is 48.2 Å². The fourth-order valence-corrected chi connectivity index (χ4v) is 5.58. The van der Waals surface area contributed by atoms with Gasteiger partial charge >= 0.3 is 11.9 Å². The predicted octanol–water partition coefficient (Wildman–Crippen LogP) is 6.65. The van der Waals surface area contributed by atoms with Crippen LogP contribution in [0.25, 0.3) is 0 Å². The lowest BCUT2D eigenvalue weighted by molar-refractivity contribution is -0.152. The highest BCUT2D eigenvalue weighted by atomic mass is 16.6. The number of anilines is 1. The van der Waals surface area contributed by atoms with Crippen LogP contribution in [0, 0.1) is 13.8 Å². The summed E-state index contributed by atoms with van der Waals surface area (Å²) >= 11 is 0. The second-order valence-corrected chi connectivity index (χ2v) is 10.5. The summed E-state index contributed by atoms with van der Waals surface area (Å²) in [4.78, 5) is 34.0. The van der Waals surface area contributed by atoms with Gasteiger partial charge < -0.3 is 14.4 Å². The molecule has 0 N–H and O–H groups in total. The van der Waals surface area contributed by atoms with Gasteiger partial charge in [0.15, 0.2) is 6.04 Å². The van der Waals surface area contributed by atoms with E-state index >= 15 is 0 Å². The molecular formula is C30H36N2O4. The number of benzene rings is 2. The average molecular weight is 489 g/mol. The van der Waals surface area contributed by atoms with Crippen molar-refractivity contribution < 1.29 is 19.1 Å². The zero-order valence-electron chi connectivity index (χ0n) is 21.4. The molecule has 0 spiro atoms. The maximum Gasteiger partial charge on any atom is 0.374 e. The largest absolute Gasteiger partial charge is 0.461 e. The summed E-state index contributed by atoms with van der Waals surface area (Å²) in [6.45, 7) is 4.01. The first kappa shape index (κ1) is 24.5. The molecule has 2 aromatic carbocycles. The highest BCUT2D eigenvalue weighted by molar-refractivity contribution is 6.42. The zero-order valence-corrected chi connectivity index (χ0v) is 21.4. The van der Waals surface area contributed by atoms with Crippen molar-refractivity contribution >= 4 is 29.1 Å². The zero-order chi connectivity index (χ0) is 25.1. The number of nitrogens with zero attached hydrogens (tertiary/aromatic N) is 2. The SMILES string of the molecule is Cc1ccc(N2C(C(=O)OC3CCCCC3)=Nc3ccc(C)cc3C2C(=O)OC2CCCCC2)cc1. The molecule has 36 heavy (non-hydrogen) atoms. The average Bonchev–Trinajstić information content (AvgIpc) is 2.89. The first-order valence-electron chi connectivity index (χ1n) is 13.5. The molecule has 2 aromatic rings. The van der Waals surface area contributed by atoms with Gasteiger partial charge in [0.25, 0.3) is 0 Å². The standard InChI is InChI=1S/C30H36N2O4/c1-20-13-16-22(17-14-20)32-27(29(33)35-23-9-5-3-6-10-23)25-19-21(2)15-18-26(25)31-28(32)30(34)36-24-11-7-4-8-12-24/h13-19,23-24,27H,3-12H2,1-2H3. The lowest BCUT2D eigenvalue weighted by atomic mass is 9.96. The number of carbonyl (C=O) groups is 2. The number of fused-ring (bicyclic) bond motifs is 1. The topological polar surface area (TPSA) is 68.2 Å². The van der Waals surface area contributed by atoms with E-state index in [1.165, 1.54) is 12.8 Å². The second kappa shape index (κ2) is 10.9. The molecule has 6 nitrogen and oxygen atoms in total. The third-order valence-electron chi connectivity index (χ3n) is 7.57. The number of hydrogen-bond donors (Lipinski definition) is 0. The monoisotopic (exact) mass is 488 g/mol. The van der Waals surface area contributed by atoms with E-state index in [1.807, 2.05) is 56.3 Å². The van der Waals surface area contributed by atoms with Crippen LogP contribution in [0.2, 0.25) is 0 Å². The van der Waals surface area contributed by atoms with Gasteiger partial charge in [0.1, 0.15) is 12.2 Å². The van der Waals surface area contributed by atoms with Gasteiger partial charge in [0, 0.05) is 11.3 Å². The predicted molar refractivity (Wildman–Crippen MR) is 141 cm³/mol. The van der Waals surface area contributed by atoms with Crippen LogP contribution in [0.15, 0.2) is 47.5 Å². The molecule has 0 amide bonds. The number of amidine groups is 1. The van der Waals surface area contributed by atoms with Crippen molar-refractivity contribution in [2.75, 3.05) is 4.90 Å². The normalized spacial score (nSPS) is 20.9. The molecule has 2 saturated carbocycles. The van der Waals surface area contributed by atoms with E-state index in [4.69, 9.17) is 14.5 Å². The Balaban J connectivity index is 1.56. The Kier molecular flexibility index (Phi) is 7.40. The number of aryl methyl sites for hydroxylation is 2. The summed E-state index contributed by atoms with van der Waals surface area (Å²) in [5.41, 5.74) is 4.21. The molecule has 0 radical (unpaired) electrons. The Morgan fingerprint density at radius 3 is 2.00 bits per heavy atom. The molecule has 2 fully saturated rings. The van der Waals surface area contributed by atoms with Crippen LogP contribution in [-0.2, 0) is 19.1 Å². The number of rotatable bonds is 5. The highest BCUT2D eigenvalue weighted by Gasteiger charge is 2.42. The number of ether oxygens (including phenoxy) is 2. The minimum Gasteiger partial charge on any atom is -0.461 e. The molecule has 1 heterocycles. The Hall–Kier alpha value is -3.15. The van der Waals surface area contributed by atoms with E-state index in [0.29, 0.717) is 5.69 Å². The molecule has 6 heteroatoms. The van der Waals surface area contributed by atoms with Crippen LogP contribution in [-0.4, -0.2) is 30.0 Å². The number of aliphatic imine (C=N–C) groups is 1. The van der Waals surface area contributed by atoms with E-state index in [-0.39, 0.29) is 24.0 Å². The minimum atomic E-state index is -0.809. The summed E-state index contributed by atoms with van der Waals surface area (Å²) in [6, 6.07) is 12.8. The maximum absolute atomic E-state index is 13.9. The molecule has 2 aliphatic carbocycles. The van der Waals surface area contributed by atoms with E-state index in [2.05, 4.69) is 0 Å². The van der Waals surface area contributed by atoms with E-state index in [0.717, 1.165) is 73.7 Å². The van der Waals surface area contributed by atoms with E-state index in [1.54, 1.807) is 4.90 Å². The van der Waals surface area contributed by atoms with Crippen molar-refractivity contribution in [1.82, 2.24) is 0 Å². The van der Waals surface area contributed by atoms with Crippen LogP contribution in [0.1, 0.15) is 86.9 Å². The van der Waals surface area contributed by atoms with E-state index < -0.39 is 12.0 Å². The smallest absolute Gasteiger partial charge is 0.374 e. The molecule has 1 atom stereocenters. The van der Waals surface area contributed by atoms with Crippen molar-refractivity contribution in [1.29, 1.82) is 0 Å². The number of esters is 2. The molecule has 0 saturated heterocycles. The molecule has 190 valence electrons. The molecule has 3 aliphatic rings. The molecule has 0 bridgehead atoms. The lowest BCUT2D eigenvalue weighted by Gasteiger charge is -2.37. The van der Waals surface area contributed by atoms with E-state index in [9.17, 15) is 9.59 Å². The maximum atomic E-state index is 13.9. The minimum absolute atomic E-state index is 0.0871. The molecule has 1 unspecified atom stereocenters. The first-order chi connectivity index (χ1) is 17.5. The quantitative estimate of drug-likeness (QED) is 0.441. The fourth-order valence-electron chi connectivity index (χ4n) is 5.58. The van der Waals surface area contributed by atoms with Gasteiger partial charge in [-0.05, 0) is 83.4 Å². The van der Waals surface area contributed by atoms with Crippen LogP contribution >= 0.6 is 0 Å². The van der Waals surface area contributed by atoms with Gasteiger partial charge in [-0.15, -0.1) is 0 Å². The number of hydrogen-bond acceptors (Lipinski definition) is 6. The third-order valence-corrected chi connectivity index (χ3v) is 7.57. The van der Waals surface area contributed by atoms with Crippen molar-refractivity contribution in [2.24, 2.45) is 4.99 Å².